The van der Waals surface area contributed by atoms with Gasteiger partial charge in [-0.3, -0.25) is 0 Å². The Bertz CT molecular complexity index is 371. The normalized spacial score (nSPS) is 12.5. The Hall–Kier alpha value is -0.743. The molecule has 0 aromatic heterocycles. The molecule has 0 N–H and O–H groups in total. The zero-order valence-electron chi connectivity index (χ0n) is 15.8. The Morgan fingerprint density at radius 3 is 1.95 bits per heavy atom. The molecule has 0 bridgehead atoms. The summed E-state index contributed by atoms with van der Waals surface area (Å²) in [4.78, 5) is 0. The molecule has 126 valence electrons. The molecule has 0 atom stereocenters. The molecule has 0 heterocycles. The van der Waals surface area contributed by atoms with Crippen molar-refractivity contribution in [2.75, 3.05) is 0 Å². The lowest BCUT2D eigenvalue weighted by molar-refractivity contribution is 0.673. The van der Waals surface area contributed by atoms with Crippen LogP contribution in [0, 0.1) is 11.5 Å². The zero-order valence-corrected chi connectivity index (χ0v) is 16.8. The molecule has 0 rings (SSSR count). The van der Waals surface area contributed by atoms with Gasteiger partial charge in [-0.1, -0.05) is 96.2 Å². The second-order valence-corrected chi connectivity index (χ2v) is 12.0. The van der Waals surface area contributed by atoms with E-state index < -0.39 is 8.07 Å². The maximum Gasteiger partial charge on any atom is 0.129 e. The lowest BCUT2D eigenvalue weighted by Gasteiger charge is -2.04. The van der Waals surface area contributed by atoms with E-state index in [1.54, 1.807) is 0 Å². The Balaban J connectivity index is 4.41. The van der Waals surface area contributed by atoms with E-state index in [0.29, 0.717) is 0 Å². The lowest BCUT2D eigenvalue weighted by Crippen LogP contribution is -2.16. The van der Waals surface area contributed by atoms with Crippen LogP contribution in [0.4, 0.5) is 0 Å². The molecule has 0 radical (unpaired) electrons. The van der Waals surface area contributed by atoms with Crippen LogP contribution < -0.4 is 0 Å². The second-order valence-electron chi connectivity index (χ2n) is 7.26. The van der Waals surface area contributed by atoms with Crippen molar-refractivity contribution < 1.29 is 0 Å². The molecule has 0 aromatic rings. The van der Waals surface area contributed by atoms with Gasteiger partial charge in [-0.2, -0.15) is 0 Å². The third-order valence-electron chi connectivity index (χ3n) is 3.53. The predicted octanol–water partition coefficient (Wildman–Crippen LogP) is 7.29. The first-order chi connectivity index (χ1) is 10.5. The molecular weight excluding hydrogens is 280 g/mol. The molecule has 0 amide bonds. The Labute approximate surface area is 141 Å². The van der Waals surface area contributed by atoms with Gasteiger partial charge in [-0.05, 0) is 25.7 Å². The minimum absolute atomic E-state index is 1.18. The third kappa shape index (κ3) is 15.6. The van der Waals surface area contributed by atoms with Crippen molar-refractivity contribution in [3.8, 4) is 11.5 Å². The summed E-state index contributed by atoms with van der Waals surface area (Å²) in [5, 5.41) is 0. The number of hydrogen-bond acceptors (Lipinski definition) is 0. The number of unbranched alkanes of at least 4 members (excludes halogenated alkanes) is 8. The van der Waals surface area contributed by atoms with Crippen LogP contribution in [0.25, 0.3) is 0 Å². The summed E-state index contributed by atoms with van der Waals surface area (Å²) in [7, 11) is -1.28. The second kappa shape index (κ2) is 13.9. The number of rotatable bonds is 11. The van der Waals surface area contributed by atoms with E-state index in [0.717, 1.165) is 0 Å². The minimum Gasteiger partial charge on any atom is -0.127 e. The van der Waals surface area contributed by atoms with Crippen LogP contribution in [0.2, 0.25) is 19.6 Å². The van der Waals surface area contributed by atoms with Crippen molar-refractivity contribution in [1.29, 1.82) is 0 Å². The van der Waals surface area contributed by atoms with E-state index in [-0.39, 0.29) is 0 Å². The van der Waals surface area contributed by atoms with Crippen LogP contribution in [-0.4, -0.2) is 8.07 Å². The molecule has 0 fully saturated rings. The minimum atomic E-state index is -1.28. The maximum absolute atomic E-state index is 3.50. The summed E-state index contributed by atoms with van der Waals surface area (Å²) >= 11 is 0. The van der Waals surface area contributed by atoms with E-state index in [4.69, 9.17) is 0 Å². The van der Waals surface area contributed by atoms with Crippen LogP contribution in [0.15, 0.2) is 23.8 Å². The summed E-state index contributed by atoms with van der Waals surface area (Å²) in [5.74, 6) is 3.44. The smallest absolute Gasteiger partial charge is 0.127 e. The first kappa shape index (κ1) is 21.3. The molecule has 0 saturated heterocycles. The van der Waals surface area contributed by atoms with Gasteiger partial charge in [0.1, 0.15) is 8.07 Å². The van der Waals surface area contributed by atoms with Crippen LogP contribution in [0.5, 0.6) is 0 Å². The van der Waals surface area contributed by atoms with Gasteiger partial charge in [0.15, 0.2) is 0 Å². The van der Waals surface area contributed by atoms with Gasteiger partial charge >= 0.3 is 0 Å². The molecule has 0 aliphatic rings. The van der Waals surface area contributed by atoms with Gasteiger partial charge in [0.25, 0.3) is 0 Å². The fraction of sp³-hybridized carbons (Fsp3) is 0.714. The highest BCUT2D eigenvalue weighted by Crippen LogP contribution is 2.09. The maximum atomic E-state index is 3.50. The summed E-state index contributed by atoms with van der Waals surface area (Å²) in [6.07, 6.45) is 20.0. The highest BCUT2D eigenvalue weighted by Gasteiger charge is 2.07. The van der Waals surface area contributed by atoms with Crippen molar-refractivity contribution in [3.05, 3.63) is 23.8 Å². The highest BCUT2D eigenvalue weighted by atomic mass is 28.3. The molecule has 0 aliphatic heterocycles. The molecule has 0 spiro atoms. The van der Waals surface area contributed by atoms with Crippen LogP contribution in [0.3, 0.4) is 0 Å². The van der Waals surface area contributed by atoms with Gasteiger partial charge in [0, 0.05) is 5.57 Å². The molecule has 0 aromatic carbocycles. The first-order valence-corrected chi connectivity index (χ1v) is 12.9. The lowest BCUT2D eigenvalue weighted by atomic mass is 10.1. The van der Waals surface area contributed by atoms with Gasteiger partial charge in [-0.15, -0.1) is 5.54 Å². The van der Waals surface area contributed by atoms with Crippen molar-refractivity contribution in [2.24, 2.45) is 0 Å². The van der Waals surface area contributed by atoms with Crippen LogP contribution >= 0.6 is 0 Å². The first-order valence-electron chi connectivity index (χ1n) is 9.39. The van der Waals surface area contributed by atoms with E-state index >= 15 is 0 Å². The van der Waals surface area contributed by atoms with Crippen molar-refractivity contribution >= 4 is 8.07 Å². The van der Waals surface area contributed by atoms with Gasteiger partial charge in [-0.25, -0.2) is 0 Å². The quantitative estimate of drug-likeness (QED) is 0.162. The Morgan fingerprint density at radius 1 is 0.818 bits per heavy atom. The predicted molar refractivity (Wildman–Crippen MR) is 106 cm³/mol. The number of hydrogen-bond donors (Lipinski definition) is 0. The summed E-state index contributed by atoms with van der Waals surface area (Å²) < 4.78 is 0. The van der Waals surface area contributed by atoms with E-state index in [1.807, 2.05) is 0 Å². The summed E-state index contributed by atoms with van der Waals surface area (Å²) in [6, 6.07) is 0. The van der Waals surface area contributed by atoms with Gasteiger partial charge in [0.2, 0.25) is 0 Å². The fourth-order valence-corrected chi connectivity index (χ4v) is 2.67. The SMILES string of the molecule is CCCCCC/C=C(C#C[Si](C)(C)C)/C=C/CCCCCC. The molecule has 0 unspecified atom stereocenters. The molecule has 0 nitrogen and oxygen atoms in total. The topological polar surface area (TPSA) is 0 Å². The van der Waals surface area contributed by atoms with Crippen LogP contribution in [-0.2, 0) is 0 Å². The standard InChI is InChI=1S/C21H38Si/c1-6-8-10-12-14-16-18-21(19-20-22(3,4)5)17-15-13-11-9-7-2/h16-18H,6-15H2,1-5H3/b18-16+,21-17-. The Kier molecular flexibility index (Phi) is 13.4. The fourth-order valence-electron chi connectivity index (χ4n) is 2.15. The van der Waals surface area contributed by atoms with Gasteiger partial charge < -0.3 is 0 Å². The molecule has 0 aliphatic carbocycles. The zero-order chi connectivity index (χ0) is 16.7. The van der Waals surface area contributed by atoms with E-state index in [9.17, 15) is 0 Å². The average Bonchev–Trinajstić information content (AvgIpc) is 2.46. The highest BCUT2D eigenvalue weighted by molar-refractivity contribution is 6.83. The van der Waals surface area contributed by atoms with Gasteiger partial charge in [0.05, 0.1) is 0 Å². The van der Waals surface area contributed by atoms with Crippen LogP contribution in [0.1, 0.15) is 78.1 Å². The Morgan fingerprint density at radius 2 is 1.41 bits per heavy atom. The third-order valence-corrected chi connectivity index (χ3v) is 4.40. The molecular formula is C21H38Si. The monoisotopic (exact) mass is 318 g/mol. The van der Waals surface area contributed by atoms with Crippen molar-refractivity contribution in [1.82, 2.24) is 0 Å². The van der Waals surface area contributed by atoms with E-state index in [1.165, 1.54) is 69.8 Å². The summed E-state index contributed by atoms with van der Waals surface area (Å²) in [5.41, 5.74) is 4.75. The molecule has 1 heteroatoms. The molecule has 0 saturated carbocycles. The van der Waals surface area contributed by atoms with Crippen molar-refractivity contribution in [3.63, 3.8) is 0 Å². The number of allylic oxidation sites excluding steroid dienone is 4. The average molecular weight is 319 g/mol. The summed E-state index contributed by atoms with van der Waals surface area (Å²) in [6.45, 7) is 11.5. The largest absolute Gasteiger partial charge is 0.129 e. The van der Waals surface area contributed by atoms with Crippen molar-refractivity contribution in [2.45, 2.75) is 97.7 Å². The molecule has 22 heavy (non-hydrogen) atoms. The van der Waals surface area contributed by atoms with E-state index in [2.05, 4.69) is 63.2 Å².